The lowest BCUT2D eigenvalue weighted by Crippen LogP contribution is -2.31. The van der Waals surface area contributed by atoms with Gasteiger partial charge in [-0.3, -0.25) is 9.59 Å². The van der Waals surface area contributed by atoms with Crippen molar-refractivity contribution in [2.45, 2.75) is 18.1 Å². The number of carboxylic acids is 1. The standard InChI is InChI=1S/C13H15NO3S/c15-11(16)5-7-14-13(17)12-10-4-2-1-3-9(10)6-8-18-12/h1-4,12H,5-8H2,(H,14,17)(H,15,16)/t12-/m0/s1. The minimum atomic E-state index is -0.896. The molecule has 1 heterocycles. The van der Waals surface area contributed by atoms with Crippen LogP contribution in [0.3, 0.4) is 0 Å². The predicted molar refractivity (Wildman–Crippen MR) is 70.6 cm³/mol. The van der Waals surface area contributed by atoms with Crippen LogP contribution in [0, 0.1) is 0 Å². The summed E-state index contributed by atoms with van der Waals surface area (Å²) in [7, 11) is 0. The maximum absolute atomic E-state index is 12.0. The number of carbonyl (C=O) groups is 2. The molecule has 2 rings (SSSR count). The molecule has 1 aromatic rings. The maximum Gasteiger partial charge on any atom is 0.305 e. The number of benzene rings is 1. The lowest BCUT2D eigenvalue weighted by molar-refractivity contribution is -0.136. The zero-order valence-electron chi connectivity index (χ0n) is 9.89. The van der Waals surface area contributed by atoms with Crippen LogP contribution in [0.15, 0.2) is 24.3 Å². The second kappa shape index (κ2) is 5.91. The Labute approximate surface area is 110 Å². The molecule has 1 aliphatic heterocycles. The number of amides is 1. The van der Waals surface area contributed by atoms with Gasteiger partial charge in [-0.2, -0.15) is 0 Å². The Kier molecular flexibility index (Phi) is 4.25. The third-order valence-electron chi connectivity index (χ3n) is 2.87. The van der Waals surface area contributed by atoms with Gasteiger partial charge in [0.1, 0.15) is 5.25 Å². The van der Waals surface area contributed by atoms with E-state index in [2.05, 4.69) is 5.32 Å². The first-order valence-corrected chi connectivity index (χ1v) is 6.92. The molecule has 0 saturated carbocycles. The fourth-order valence-electron chi connectivity index (χ4n) is 2.00. The fourth-order valence-corrected chi connectivity index (χ4v) is 3.21. The monoisotopic (exact) mass is 265 g/mol. The van der Waals surface area contributed by atoms with Crippen molar-refractivity contribution >= 4 is 23.6 Å². The van der Waals surface area contributed by atoms with Gasteiger partial charge >= 0.3 is 5.97 Å². The first-order chi connectivity index (χ1) is 8.68. The molecule has 0 aliphatic carbocycles. The molecule has 0 saturated heterocycles. The molecule has 0 unspecified atom stereocenters. The van der Waals surface area contributed by atoms with Crippen LogP contribution in [0.2, 0.25) is 0 Å². The summed E-state index contributed by atoms with van der Waals surface area (Å²) in [6.45, 7) is 0.188. The third kappa shape index (κ3) is 3.04. The third-order valence-corrected chi connectivity index (χ3v) is 4.11. The van der Waals surface area contributed by atoms with Gasteiger partial charge in [0.15, 0.2) is 0 Å². The number of carboxylic acid groups (broad SMARTS) is 1. The summed E-state index contributed by atoms with van der Waals surface area (Å²) in [6.07, 6.45) is 0.949. The molecule has 0 spiro atoms. The van der Waals surface area contributed by atoms with E-state index in [9.17, 15) is 9.59 Å². The highest BCUT2D eigenvalue weighted by molar-refractivity contribution is 8.00. The van der Waals surface area contributed by atoms with Crippen molar-refractivity contribution in [1.29, 1.82) is 0 Å². The number of rotatable bonds is 4. The molecule has 0 radical (unpaired) electrons. The van der Waals surface area contributed by atoms with Crippen LogP contribution in [-0.2, 0) is 16.0 Å². The van der Waals surface area contributed by atoms with Gasteiger partial charge in [0.25, 0.3) is 0 Å². The van der Waals surface area contributed by atoms with Gasteiger partial charge in [0.05, 0.1) is 6.42 Å². The molecule has 4 nitrogen and oxygen atoms in total. The molecule has 0 fully saturated rings. The van der Waals surface area contributed by atoms with E-state index >= 15 is 0 Å². The van der Waals surface area contributed by atoms with Crippen LogP contribution in [0.1, 0.15) is 22.8 Å². The summed E-state index contributed by atoms with van der Waals surface area (Å²) in [5.41, 5.74) is 2.27. The zero-order chi connectivity index (χ0) is 13.0. The summed E-state index contributed by atoms with van der Waals surface area (Å²) in [6, 6.07) is 7.94. The van der Waals surface area contributed by atoms with E-state index in [0.717, 1.165) is 17.7 Å². The molecule has 96 valence electrons. The van der Waals surface area contributed by atoms with E-state index in [1.807, 2.05) is 24.3 Å². The summed E-state index contributed by atoms with van der Waals surface area (Å²) >= 11 is 1.61. The first-order valence-electron chi connectivity index (χ1n) is 5.87. The Morgan fingerprint density at radius 2 is 2.17 bits per heavy atom. The molecule has 1 aromatic carbocycles. The SMILES string of the molecule is O=C(O)CCNC(=O)[C@H]1SCCc2ccccc21. The molecule has 1 atom stereocenters. The van der Waals surface area contributed by atoms with Crippen LogP contribution >= 0.6 is 11.8 Å². The van der Waals surface area contributed by atoms with Gasteiger partial charge in [-0.15, -0.1) is 11.8 Å². The molecule has 2 N–H and O–H groups in total. The highest BCUT2D eigenvalue weighted by Crippen LogP contribution is 2.36. The summed E-state index contributed by atoms with van der Waals surface area (Å²) in [5, 5.41) is 11.0. The first kappa shape index (κ1) is 13.0. The zero-order valence-corrected chi connectivity index (χ0v) is 10.7. The Morgan fingerprint density at radius 3 is 2.94 bits per heavy atom. The number of thioether (sulfide) groups is 1. The van der Waals surface area contributed by atoms with E-state index in [1.165, 1.54) is 5.56 Å². The number of nitrogens with one attached hydrogen (secondary N) is 1. The highest BCUT2D eigenvalue weighted by Gasteiger charge is 2.26. The van der Waals surface area contributed by atoms with Crippen molar-refractivity contribution in [3.05, 3.63) is 35.4 Å². The maximum atomic E-state index is 12.0. The van der Waals surface area contributed by atoms with Crippen molar-refractivity contribution in [2.24, 2.45) is 0 Å². The number of hydrogen-bond acceptors (Lipinski definition) is 3. The van der Waals surface area contributed by atoms with Gasteiger partial charge < -0.3 is 10.4 Å². The van der Waals surface area contributed by atoms with Crippen LogP contribution in [-0.4, -0.2) is 29.3 Å². The summed E-state index contributed by atoms with van der Waals surface area (Å²) < 4.78 is 0. The Morgan fingerprint density at radius 1 is 1.39 bits per heavy atom. The summed E-state index contributed by atoms with van der Waals surface area (Å²) in [5.74, 6) is -0.0611. The van der Waals surface area contributed by atoms with Crippen molar-refractivity contribution in [1.82, 2.24) is 5.32 Å². The predicted octanol–water partition coefficient (Wildman–Crippen LogP) is 1.61. The van der Waals surface area contributed by atoms with E-state index < -0.39 is 5.97 Å². The fraction of sp³-hybridized carbons (Fsp3) is 0.385. The largest absolute Gasteiger partial charge is 0.481 e. The van der Waals surface area contributed by atoms with Gasteiger partial charge in [-0.25, -0.2) is 0 Å². The van der Waals surface area contributed by atoms with Crippen LogP contribution in [0.25, 0.3) is 0 Å². The molecular weight excluding hydrogens is 250 g/mol. The van der Waals surface area contributed by atoms with Crippen LogP contribution in [0.5, 0.6) is 0 Å². The second-order valence-electron chi connectivity index (χ2n) is 4.13. The normalized spacial score (nSPS) is 17.9. The Balaban J connectivity index is 2.01. The van der Waals surface area contributed by atoms with Gasteiger partial charge in [0, 0.05) is 6.54 Å². The van der Waals surface area contributed by atoms with Crippen LogP contribution in [0.4, 0.5) is 0 Å². The average molecular weight is 265 g/mol. The quantitative estimate of drug-likeness (QED) is 0.868. The van der Waals surface area contributed by atoms with Gasteiger partial charge in [-0.1, -0.05) is 24.3 Å². The average Bonchev–Trinajstić information content (AvgIpc) is 2.37. The number of fused-ring (bicyclic) bond motifs is 1. The molecule has 0 aromatic heterocycles. The lowest BCUT2D eigenvalue weighted by Gasteiger charge is -2.24. The highest BCUT2D eigenvalue weighted by atomic mass is 32.2. The van der Waals surface area contributed by atoms with Crippen molar-refractivity contribution < 1.29 is 14.7 Å². The summed E-state index contributed by atoms with van der Waals surface area (Å²) in [4.78, 5) is 22.4. The van der Waals surface area contributed by atoms with Gasteiger partial charge in [0.2, 0.25) is 5.91 Å². The lowest BCUT2D eigenvalue weighted by atomic mass is 10.0. The molecular formula is C13H15NO3S. The molecule has 18 heavy (non-hydrogen) atoms. The number of aryl methyl sites for hydroxylation is 1. The smallest absolute Gasteiger partial charge is 0.305 e. The number of aliphatic carboxylic acids is 1. The van der Waals surface area contributed by atoms with E-state index in [4.69, 9.17) is 5.11 Å². The van der Waals surface area contributed by atoms with E-state index in [-0.39, 0.29) is 24.1 Å². The molecule has 0 bridgehead atoms. The number of carbonyl (C=O) groups excluding carboxylic acids is 1. The second-order valence-corrected chi connectivity index (χ2v) is 5.35. The molecule has 1 aliphatic rings. The van der Waals surface area contributed by atoms with E-state index in [0.29, 0.717) is 0 Å². The number of hydrogen-bond donors (Lipinski definition) is 2. The minimum absolute atomic E-state index is 0.0369. The topological polar surface area (TPSA) is 66.4 Å². The van der Waals surface area contributed by atoms with Crippen molar-refractivity contribution in [2.75, 3.05) is 12.3 Å². The van der Waals surface area contributed by atoms with E-state index in [1.54, 1.807) is 11.8 Å². The Hall–Kier alpha value is -1.49. The van der Waals surface area contributed by atoms with Gasteiger partial charge in [-0.05, 0) is 23.3 Å². The molecule has 5 heteroatoms. The minimum Gasteiger partial charge on any atom is -0.481 e. The molecule has 1 amide bonds. The van der Waals surface area contributed by atoms with Crippen molar-refractivity contribution in [3.8, 4) is 0 Å². The Bertz CT molecular complexity index is 461. The van der Waals surface area contributed by atoms with Crippen molar-refractivity contribution in [3.63, 3.8) is 0 Å². The van der Waals surface area contributed by atoms with Crippen LogP contribution < -0.4 is 5.32 Å².